The maximum absolute atomic E-state index is 11.6. The van der Waals surface area contributed by atoms with Gasteiger partial charge in [0, 0.05) is 26.7 Å². The van der Waals surface area contributed by atoms with Gasteiger partial charge in [-0.1, -0.05) is 48.0 Å². The van der Waals surface area contributed by atoms with Crippen LogP contribution < -0.4 is 0 Å². The minimum Gasteiger partial charge on any atom is -0.388 e. The third-order valence-corrected chi connectivity index (χ3v) is 1.42. The van der Waals surface area contributed by atoms with E-state index in [4.69, 9.17) is 0 Å². The topological polar surface area (TPSA) is 60.4 Å². The summed E-state index contributed by atoms with van der Waals surface area (Å²) in [5.41, 5.74) is -3.62. The Morgan fingerprint density at radius 3 is 0.848 bits per heavy atom. The maximum Gasteiger partial charge on any atom is 0.402 e. The lowest BCUT2D eigenvalue weighted by Crippen LogP contribution is -2.44. The molecule has 33 heavy (non-hydrogen) atoms. The molecule has 0 rings (SSSR count). The number of ether oxygens (including phenoxy) is 1. The molecule has 0 amide bonds. The van der Waals surface area contributed by atoms with Crippen LogP contribution >= 0.6 is 11.8 Å². The minimum absolute atomic E-state index is 0. The van der Waals surface area contributed by atoms with Crippen molar-refractivity contribution in [1.29, 1.82) is 0 Å². The second-order valence-electron chi connectivity index (χ2n) is 6.90. The number of carbonyl (C=O) groups excluding carboxylic acids is 1. The number of carbonyl (C=O) groups is 1. The lowest BCUT2D eigenvalue weighted by molar-refractivity contribution is -0.327. The van der Waals surface area contributed by atoms with Gasteiger partial charge < -0.3 is 9.53 Å². The molecule has 0 aliphatic carbocycles. The van der Waals surface area contributed by atoms with E-state index in [1.165, 1.54) is 26.7 Å². The van der Waals surface area contributed by atoms with E-state index in [0.29, 0.717) is 0 Å². The van der Waals surface area contributed by atoms with E-state index >= 15 is 0 Å². The highest BCUT2D eigenvalue weighted by Gasteiger charge is 2.64. The van der Waals surface area contributed by atoms with E-state index in [-0.39, 0.29) is 27.1 Å². The number of halogens is 6. The van der Waals surface area contributed by atoms with Crippen LogP contribution in [0.3, 0.4) is 0 Å². The third kappa shape index (κ3) is 89.5. The molecule has 0 N–H and O–H groups in total. The van der Waals surface area contributed by atoms with Gasteiger partial charge in [-0.2, -0.15) is 38.1 Å². The molecule has 0 radical (unpaired) electrons. The van der Waals surface area contributed by atoms with Crippen molar-refractivity contribution < 1.29 is 44.3 Å². The Morgan fingerprint density at radius 2 is 0.848 bits per heavy atom. The van der Waals surface area contributed by atoms with Gasteiger partial charge in [0.15, 0.2) is 5.41 Å². The van der Waals surface area contributed by atoms with E-state index in [1.807, 2.05) is 12.5 Å². The van der Waals surface area contributed by atoms with Crippen LogP contribution in [0.25, 0.3) is 0 Å². The molecule has 0 unspecified atom stereocenters. The molecular formula is C21H50F6O4S2. The van der Waals surface area contributed by atoms with Gasteiger partial charge in [0.1, 0.15) is 15.6 Å². The predicted octanol–water partition coefficient (Wildman–Crippen LogP) is 8.10. The molecule has 0 aliphatic rings. The summed E-state index contributed by atoms with van der Waals surface area (Å²) < 4.78 is 93.2. The molecule has 0 spiro atoms. The number of rotatable bonds is 0. The zero-order valence-corrected chi connectivity index (χ0v) is 23.8. The number of hydrogen-bond acceptors (Lipinski definition) is 5. The van der Waals surface area contributed by atoms with Gasteiger partial charge in [-0.05, 0) is 40.2 Å². The van der Waals surface area contributed by atoms with Gasteiger partial charge in [-0.15, -0.1) is 0 Å². The molecule has 0 fully saturated rings. The highest BCUT2D eigenvalue weighted by Crippen LogP contribution is 2.49. The fraction of sp³-hybridized carbons (Fsp3) is 0.952. The molecule has 0 saturated heterocycles. The summed E-state index contributed by atoms with van der Waals surface area (Å²) in [5.74, 6) is 0.167. The number of Topliss-reactive ketones (excluding diaryl/α,β-unsaturated/α-hetero) is 1. The molecule has 0 aromatic heterocycles. The zero-order chi connectivity index (χ0) is 28.4. The summed E-state index contributed by atoms with van der Waals surface area (Å²) in [4.78, 5) is 9.44. The first-order chi connectivity index (χ1) is 13.9. The number of sulfone groups is 1. The Morgan fingerprint density at radius 1 is 0.788 bits per heavy atom. The van der Waals surface area contributed by atoms with Crippen molar-refractivity contribution in [2.75, 3.05) is 39.2 Å². The summed E-state index contributed by atoms with van der Waals surface area (Å²) >= 11 is 1.75. The number of thioether (sulfide) groups is 1. The van der Waals surface area contributed by atoms with Crippen molar-refractivity contribution in [3.05, 3.63) is 0 Å². The van der Waals surface area contributed by atoms with Crippen molar-refractivity contribution in [1.82, 2.24) is 0 Å². The smallest absolute Gasteiger partial charge is 0.388 e. The Hall–Kier alpha value is -0.490. The molecule has 0 aliphatic heterocycles. The summed E-state index contributed by atoms with van der Waals surface area (Å²) in [5, 5.41) is 0. The Bertz CT molecular complexity index is 426. The molecule has 212 valence electrons. The molecule has 0 aromatic rings. The van der Waals surface area contributed by atoms with Crippen molar-refractivity contribution in [3.63, 3.8) is 0 Å². The first kappa shape index (κ1) is 53.7. The lowest BCUT2D eigenvalue weighted by Gasteiger charge is -2.29. The summed E-state index contributed by atoms with van der Waals surface area (Å²) in [6.45, 7) is 11.8. The van der Waals surface area contributed by atoms with Crippen LogP contribution in [0.5, 0.6) is 0 Å². The first-order valence-corrected chi connectivity index (χ1v) is 13.4. The van der Waals surface area contributed by atoms with Gasteiger partial charge >= 0.3 is 12.4 Å². The largest absolute Gasteiger partial charge is 0.402 e. The van der Waals surface area contributed by atoms with E-state index in [2.05, 4.69) is 32.4 Å². The van der Waals surface area contributed by atoms with Crippen molar-refractivity contribution >= 4 is 27.4 Å². The Labute approximate surface area is 204 Å². The van der Waals surface area contributed by atoms with E-state index in [9.17, 15) is 39.6 Å². The third-order valence-electron chi connectivity index (χ3n) is 1.42. The van der Waals surface area contributed by atoms with Gasteiger partial charge in [-0.3, -0.25) is 0 Å². The van der Waals surface area contributed by atoms with Crippen molar-refractivity contribution in [3.8, 4) is 0 Å². The second-order valence-corrected chi connectivity index (χ2v) is 10.0. The zero-order valence-electron chi connectivity index (χ0n) is 22.1. The van der Waals surface area contributed by atoms with E-state index in [1.54, 1.807) is 26.0 Å². The van der Waals surface area contributed by atoms with Crippen LogP contribution in [0.2, 0.25) is 0 Å². The number of ketones is 1. The molecule has 0 saturated carbocycles. The molecule has 12 heteroatoms. The molecule has 0 heterocycles. The summed E-state index contributed by atoms with van der Waals surface area (Å²) in [7, 11) is 0.583. The molecular weight excluding hydrogens is 494 g/mol. The number of hydrogen-bond donors (Lipinski definition) is 0. The van der Waals surface area contributed by atoms with Crippen LogP contribution in [-0.2, 0) is 19.4 Å². The van der Waals surface area contributed by atoms with Crippen LogP contribution in [0.15, 0.2) is 0 Å². The fourth-order valence-corrected chi connectivity index (χ4v) is 0.161. The minimum atomic E-state index is -5.24. The molecule has 0 aromatic carbocycles. The Kier molecular flexibility index (Phi) is 51.3. The summed E-state index contributed by atoms with van der Waals surface area (Å²) in [6.07, 6.45) is -1.59. The van der Waals surface area contributed by atoms with Crippen LogP contribution in [0.4, 0.5) is 26.3 Å². The van der Waals surface area contributed by atoms with Crippen LogP contribution in [0.1, 0.15) is 75.7 Å². The molecule has 0 bridgehead atoms. The SMILES string of the molecule is C.CC(C)(C(F)(F)F)C(F)(F)F.CC(C)=O.CCC.CCC.COC.CS(C)(=O)=O.CSC. The number of alkyl halides is 6. The highest BCUT2D eigenvalue weighted by atomic mass is 32.2. The normalized spacial score (nSPS) is 9.82. The van der Waals surface area contributed by atoms with E-state index in [0.717, 1.165) is 12.5 Å². The van der Waals surface area contributed by atoms with E-state index < -0.39 is 27.6 Å². The maximum atomic E-state index is 11.6. The molecule has 0 atom stereocenters. The van der Waals surface area contributed by atoms with Gasteiger partial charge in [0.25, 0.3) is 0 Å². The molecule has 4 nitrogen and oxygen atoms in total. The first-order valence-electron chi connectivity index (χ1n) is 9.45. The van der Waals surface area contributed by atoms with Crippen LogP contribution in [-0.4, -0.2) is 65.8 Å². The average molecular weight is 545 g/mol. The summed E-state index contributed by atoms with van der Waals surface area (Å²) in [6, 6.07) is 0. The average Bonchev–Trinajstić information content (AvgIpc) is 2.45. The second kappa shape index (κ2) is 31.5. The standard InChI is InChI=1S/C5H6F6.C3H6O.2C3H8.C2H6O2S.C2H6O.C2H6S.CH4/c1-3(2,4(6,7)8)5(9,10)11;1-3(2)4;2*1-3-2;1-5(2,3)4;2*1-3-2;/h1-2H3;1-2H3;2*3H2,1-2H3;1-2H3;2*1-2H3;1H4. The van der Waals surface area contributed by atoms with Crippen LogP contribution in [0, 0.1) is 5.41 Å². The van der Waals surface area contributed by atoms with Gasteiger partial charge in [0.2, 0.25) is 0 Å². The number of methoxy groups -OCH3 is 1. The Balaban J connectivity index is -0.0000000403. The fourth-order valence-electron chi connectivity index (χ4n) is 0.161. The predicted molar refractivity (Wildman–Crippen MR) is 134 cm³/mol. The monoisotopic (exact) mass is 544 g/mol. The quantitative estimate of drug-likeness (QED) is 0.288. The van der Waals surface area contributed by atoms with Gasteiger partial charge in [-0.25, -0.2) is 8.42 Å². The lowest BCUT2D eigenvalue weighted by atomic mass is 9.92. The van der Waals surface area contributed by atoms with Crippen molar-refractivity contribution in [2.24, 2.45) is 5.41 Å². The van der Waals surface area contributed by atoms with Gasteiger partial charge in [0.05, 0.1) is 0 Å². The highest BCUT2D eigenvalue weighted by molar-refractivity contribution is 7.97. The van der Waals surface area contributed by atoms with Crippen molar-refractivity contribution in [2.45, 2.75) is 88.0 Å².